The first-order chi connectivity index (χ1) is 9.40. The number of ether oxygens (including phenoxy) is 2. The molecule has 118 valence electrons. The molecule has 21 heavy (non-hydrogen) atoms. The second kappa shape index (κ2) is 6.13. The van der Waals surface area contributed by atoms with Gasteiger partial charge in [-0.25, -0.2) is 9.78 Å². The largest absolute Gasteiger partial charge is 0.455 e. The van der Waals surface area contributed by atoms with Crippen molar-refractivity contribution in [1.82, 2.24) is 4.98 Å². The summed E-state index contributed by atoms with van der Waals surface area (Å²) in [4.78, 5) is 27.5. The number of carbonyl (C=O) groups excluding carboxylic acids is 2. The molecule has 0 aliphatic heterocycles. The highest BCUT2D eigenvalue weighted by atomic mass is 32.1. The number of thiazole rings is 1. The van der Waals surface area contributed by atoms with E-state index in [9.17, 15) is 9.59 Å². The van der Waals surface area contributed by atoms with Crippen molar-refractivity contribution in [3.05, 3.63) is 16.1 Å². The van der Waals surface area contributed by atoms with Crippen molar-refractivity contribution in [2.24, 2.45) is 5.41 Å². The molecule has 0 saturated carbocycles. The molecule has 0 spiro atoms. The average molecular weight is 313 g/mol. The molecule has 1 atom stereocenters. The molecular weight excluding hydrogens is 290 g/mol. The average Bonchev–Trinajstić information content (AvgIpc) is 2.70. The van der Waals surface area contributed by atoms with E-state index in [0.717, 1.165) is 0 Å². The molecule has 0 saturated heterocycles. The topological polar surface area (TPSA) is 65.5 Å². The second-order valence-corrected chi connectivity index (χ2v) is 7.82. The van der Waals surface area contributed by atoms with Gasteiger partial charge in [0.15, 0.2) is 11.8 Å². The van der Waals surface area contributed by atoms with E-state index in [2.05, 4.69) is 4.98 Å². The fourth-order valence-electron chi connectivity index (χ4n) is 1.60. The molecule has 1 aromatic rings. The molecule has 0 N–H and O–H groups in total. The third kappa shape index (κ3) is 5.46. The highest BCUT2D eigenvalue weighted by Gasteiger charge is 2.33. The van der Waals surface area contributed by atoms with Crippen molar-refractivity contribution in [1.29, 1.82) is 0 Å². The van der Waals surface area contributed by atoms with Gasteiger partial charge in [-0.05, 0) is 20.8 Å². The van der Waals surface area contributed by atoms with E-state index in [-0.39, 0.29) is 17.1 Å². The number of aromatic nitrogens is 1. The molecule has 1 rings (SSSR count). The number of hydrogen-bond donors (Lipinski definition) is 0. The number of esters is 2. The smallest absolute Gasteiger partial charge is 0.358 e. The summed E-state index contributed by atoms with van der Waals surface area (Å²) in [5.74, 6) is -0.843. The highest BCUT2D eigenvalue weighted by Crippen LogP contribution is 2.37. The Kier molecular flexibility index (Phi) is 5.15. The molecule has 0 bridgehead atoms. The highest BCUT2D eigenvalue weighted by molar-refractivity contribution is 7.09. The Labute approximate surface area is 129 Å². The van der Waals surface area contributed by atoms with Gasteiger partial charge in [0, 0.05) is 17.7 Å². The second-order valence-electron chi connectivity index (χ2n) is 6.93. The first-order valence-corrected chi connectivity index (χ1v) is 7.64. The van der Waals surface area contributed by atoms with Crippen LogP contribution >= 0.6 is 11.3 Å². The standard InChI is InChI=1S/C15H23NO4S/c1-9(17)19-11(14(2,3)4)12-16-10(8-21-12)13(18)20-15(5,6)7/h8,11H,1-7H3/t11-/m1/s1. The van der Waals surface area contributed by atoms with Crippen LogP contribution in [0.3, 0.4) is 0 Å². The molecule has 6 heteroatoms. The predicted molar refractivity (Wildman–Crippen MR) is 81.2 cm³/mol. The Morgan fingerprint density at radius 3 is 2.19 bits per heavy atom. The third-order valence-corrected chi connectivity index (χ3v) is 3.31. The summed E-state index contributed by atoms with van der Waals surface area (Å²) >= 11 is 1.29. The van der Waals surface area contributed by atoms with E-state index in [4.69, 9.17) is 9.47 Å². The van der Waals surface area contributed by atoms with Gasteiger partial charge in [0.05, 0.1) is 0 Å². The number of rotatable bonds is 3. The molecule has 0 aliphatic rings. The van der Waals surface area contributed by atoms with E-state index in [1.54, 1.807) is 26.2 Å². The lowest BCUT2D eigenvalue weighted by atomic mass is 9.89. The Morgan fingerprint density at radius 1 is 1.19 bits per heavy atom. The maximum Gasteiger partial charge on any atom is 0.358 e. The van der Waals surface area contributed by atoms with Gasteiger partial charge in [-0.1, -0.05) is 20.8 Å². The van der Waals surface area contributed by atoms with Crippen molar-refractivity contribution in [3.63, 3.8) is 0 Å². The van der Waals surface area contributed by atoms with Crippen molar-refractivity contribution in [3.8, 4) is 0 Å². The van der Waals surface area contributed by atoms with Gasteiger partial charge in [-0.3, -0.25) is 4.79 Å². The summed E-state index contributed by atoms with van der Waals surface area (Å²) < 4.78 is 10.6. The van der Waals surface area contributed by atoms with Crippen LogP contribution in [0.15, 0.2) is 5.38 Å². The van der Waals surface area contributed by atoms with E-state index < -0.39 is 17.7 Å². The summed E-state index contributed by atoms with van der Waals surface area (Å²) in [6, 6.07) is 0. The number of nitrogens with zero attached hydrogens (tertiary/aromatic N) is 1. The number of carbonyl (C=O) groups is 2. The van der Waals surface area contributed by atoms with Crippen LogP contribution in [0.5, 0.6) is 0 Å². The SMILES string of the molecule is CC(=O)O[C@H](c1nc(C(=O)OC(C)(C)C)cs1)C(C)(C)C. The quantitative estimate of drug-likeness (QED) is 0.795. The maximum absolute atomic E-state index is 12.0. The summed E-state index contributed by atoms with van der Waals surface area (Å²) in [5, 5.41) is 2.23. The minimum Gasteiger partial charge on any atom is -0.455 e. The lowest BCUT2D eigenvalue weighted by Gasteiger charge is -2.28. The van der Waals surface area contributed by atoms with Gasteiger partial charge in [0.2, 0.25) is 0 Å². The molecule has 5 nitrogen and oxygen atoms in total. The molecular formula is C15H23NO4S. The summed E-state index contributed by atoms with van der Waals surface area (Å²) in [6.45, 7) is 12.6. The predicted octanol–water partition coefficient (Wildman–Crippen LogP) is 3.75. The minimum absolute atomic E-state index is 0.242. The molecule has 0 fully saturated rings. The third-order valence-electron chi connectivity index (χ3n) is 2.42. The van der Waals surface area contributed by atoms with Crippen molar-refractivity contribution >= 4 is 23.3 Å². The lowest BCUT2D eigenvalue weighted by molar-refractivity contribution is -0.152. The van der Waals surface area contributed by atoms with Gasteiger partial charge in [-0.15, -0.1) is 11.3 Å². The Bertz CT molecular complexity index is 523. The normalized spacial score (nSPS) is 13.7. The van der Waals surface area contributed by atoms with Crippen LogP contribution in [-0.2, 0) is 14.3 Å². The minimum atomic E-state index is -0.569. The monoisotopic (exact) mass is 313 g/mol. The van der Waals surface area contributed by atoms with Gasteiger partial charge in [0.25, 0.3) is 0 Å². The van der Waals surface area contributed by atoms with Gasteiger partial charge in [-0.2, -0.15) is 0 Å². The van der Waals surface area contributed by atoms with Crippen LogP contribution in [-0.4, -0.2) is 22.5 Å². The summed E-state index contributed by atoms with van der Waals surface area (Å²) in [7, 11) is 0. The molecule has 0 aromatic carbocycles. The molecule has 0 radical (unpaired) electrons. The lowest BCUT2D eigenvalue weighted by Crippen LogP contribution is -2.25. The fraction of sp³-hybridized carbons (Fsp3) is 0.667. The molecule has 1 aromatic heterocycles. The molecule has 1 heterocycles. The van der Waals surface area contributed by atoms with E-state index in [1.165, 1.54) is 18.3 Å². The van der Waals surface area contributed by atoms with Crippen LogP contribution in [0, 0.1) is 5.41 Å². The summed E-state index contributed by atoms with van der Waals surface area (Å²) in [6.07, 6.45) is -0.490. The van der Waals surface area contributed by atoms with Crippen LogP contribution in [0.25, 0.3) is 0 Å². The van der Waals surface area contributed by atoms with Crippen LogP contribution in [0.1, 0.15) is 70.1 Å². The van der Waals surface area contributed by atoms with Gasteiger partial charge < -0.3 is 9.47 Å². The van der Waals surface area contributed by atoms with E-state index in [1.807, 2.05) is 20.8 Å². The number of hydrogen-bond acceptors (Lipinski definition) is 6. The van der Waals surface area contributed by atoms with Crippen molar-refractivity contribution < 1.29 is 19.1 Å². The Hall–Kier alpha value is -1.43. The van der Waals surface area contributed by atoms with Gasteiger partial charge in [0.1, 0.15) is 10.6 Å². The first-order valence-electron chi connectivity index (χ1n) is 6.76. The zero-order valence-electron chi connectivity index (χ0n) is 13.6. The van der Waals surface area contributed by atoms with Gasteiger partial charge >= 0.3 is 11.9 Å². The molecule has 0 unspecified atom stereocenters. The maximum atomic E-state index is 12.0. The molecule has 0 amide bonds. The van der Waals surface area contributed by atoms with Crippen molar-refractivity contribution in [2.45, 2.75) is 60.2 Å². The summed E-state index contributed by atoms with van der Waals surface area (Å²) in [5.41, 5.74) is -0.638. The van der Waals surface area contributed by atoms with E-state index in [0.29, 0.717) is 5.01 Å². The Morgan fingerprint density at radius 2 is 1.76 bits per heavy atom. The first kappa shape index (κ1) is 17.6. The van der Waals surface area contributed by atoms with Crippen LogP contribution in [0.4, 0.5) is 0 Å². The van der Waals surface area contributed by atoms with E-state index >= 15 is 0 Å². The van der Waals surface area contributed by atoms with Crippen molar-refractivity contribution in [2.75, 3.05) is 0 Å². The zero-order valence-corrected chi connectivity index (χ0v) is 14.5. The van der Waals surface area contributed by atoms with Crippen LogP contribution < -0.4 is 0 Å². The van der Waals surface area contributed by atoms with Crippen LogP contribution in [0.2, 0.25) is 0 Å². The Balaban J connectivity index is 2.99. The fourth-order valence-corrected chi connectivity index (χ4v) is 2.65. The molecule has 0 aliphatic carbocycles. The zero-order chi connectivity index (χ0) is 16.4.